The SMILES string of the molecule is CC(=C1c2ccccc2N(c2nc(N3c4ccccc4C(=C(C)c4ccccc4)c4ccccc43)nc(N3c4ccccc4C(=C(C)c4ccccc4)c4ccccc43)n2)c2ccccc21)c1ccccc1. The van der Waals surface area contributed by atoms with Crippen molar-refractivity contribution in [3.63, 3.8) is 0 Å². The number of nitrogens with zero attached hydrogens (tertiary/aromatic N) is 6. The van der Waals surface area contributed by atoms with Crippen molar-refractivity contribution < 1.29 is 0 Å². The van der Waals surface area contributed by atoms with Crippen LogP contribution in [-0.2, 0) is 0 Å². The molecule has 0 unspecified atom stereocenters. The number of aromatic nitrogens is 3. The standard InChI is InChI=1S/C66H48N6/c1-43(46-25-7-4-8-26-46)61-49-31-13-19-37-55(49)70(56-38-20-14-32-50(56)61)64-67-65(71-57-39-21-15-33-51(57)62(52-34-16-22-40-58(52)71)44(2)47-27-9-5-10-28-47)69-66(68-64)72-59-41-23-17-35-53(59)63(54-36-18-24-42-60(54)72)45(3)48-29-11-6-12-30-48/h4-42H,1-3H3. The molecular formula is C66H48N6. The molecule has 6 heteroatoms. The van der Waals surface area contributed by atoms with Crippen molar-refractivity contribution >= 4 is 85.4 Å². The third-order valence-electron chi connectivity index (χ3n) is 14.4. The lowest BCUT2D eigenvalue weighted by molar-refractivity contribution is 0.954. The molecule has 72 heavy (non-hydrogen) atoms. The summed E-state index contributed by atoms with van der Waals surface area (Å²) in [7, 11) is 0. The maximum Gasteiger partial charge on any atom is 0.241 e. The lowest BCUT2D eigenvalue weighted by Crippen LogP contribution is -2.27. The number of rotatable bonds is 6. The number of hydrogen-bond donors (Lipinski definition) is 0. The fraction of sp³-hybridized carbons (Fsp3) is 0.0455. The van der Waals surface area contributed by atoms with Crippen molar-refractivity contribution in [1.29, 1.82) is 0 Å². The Morgan fingerprint density at radius 2 is 0.417 bits per heavy atom. The molecule has 0 fully saturated rings. The maximum atomic E-state index is 5.68. The van der Waals surface area contributed by atoms with Gasteiger partial charge in [0.05, 0.1) is 34.1 Å². The average molecular weight is 925 g/mol. The van der Waals surface area contributed by atoms with Gasteiger partial charge in [0.15, 0.2) is 0 Å². The zero-order valence-electron chi connectivity index (χ0n) is 40.2. The van der Waals surface area contributed by atoms with Crippen LogP contribution in [0.25, 0.3) is 33.4 Å². The molecule has 1 aromatic heterocycles. The molecule has 0 N–H and O–H groups in total. The minimum Gasteiger partial charge on any atom is -0.278 e. The predicted molar refractivity (Wildman–Crippen MR) is 298 cm³/mol. The van der Waals surface area contributed by atoms with Crippen molar-refractivity contribution in [1.82, 2.24) is 15.0 Å². The summed E-state index contributed by atoms with van der Waals surface area (Å²) >= 11 is 0. The largest absolute Gasteiger partial charge is 0.278 e. The molecule has 9 aromatic carbocycles. The summed E-state index contributed by atoms with van der Waals surface area (Å²) in [4.78, 5) is 23.8. The summed E-state index contributed by atoms with van der Waals surface area (Å²) in [6, 6.07) is 83.9. The van der Waals surface area contributed by atoms with E-state index in [1.165, 1.54) is 50.1 Å². The van der Waals surface area contributed by atoms with E-state index in [0.29, 0.717) is 17.8 Å². The highest BCUT2D eigenvalue weighted by Gasteiger charge is 2.37. The minimum atomic E-state index is 0.500. The Balaban J connectivity index is 1.10. The Hall–Kier alpha value is -9.39. The second-order valence-corrected chi connectivity index (χ2v) is 18.4. The first-order valence-corrected chi connectivity index (χ1v) is 24.6. The van der Waals surface area contributed by atoms with Gasteiger partial charge < -0.3 is 0 Å². The van der Waals surface area contributed by atoms with Crippen LogP contribution in [0.4, 0.5) is 52.0 Å². The van der Waals surface area contributed by atoms with Gasteiger partial charge in [-0.15, -0.1) is 0 Å². The first-order valence-electron chi connectivity index (χ1n) is 24.6. The van der Waals surface area contributed by atoms with Gasteiger partial charge in [-0.05, 0) is 107 Å². The lowest BCUT2D eigenvalue weighted by atomic mass is 9.85. The molecule has 3 aliphatic rings. The van der Waals surface area contributed by atoms with E-state index in [4.69, 9.17) is 15.0 Å². The van der Waals surface area contributed by atoms with E-state index in [9.17, 15) is 0 Å². The fourth-order valence-electron chi connectivity index (χ4n) is 11.1. The van der Waals surface area contributed by atoms with Gasteiger partial charge in [-0.25, -0.2) is 0 Å². The van der Waals surface area contributed by atoms with Gasteiger partial charge in [-0.2, -0.15) is 15.0 Å². The third-order valence-corrected chi connectivity index (χ3v) is 14.4. The molecule has 0 amide bonds. The highest BCUT2D eigenvalue weighted by atomic mass is 15.4. The van der Waals surface area contributed by atoms with Crippen LogP contribution in [0.5, 0.6) is 0 Å². The second kappa shape index (κ2) is 17.5. The molecule has 10 aromatic rings. The van der Waals surface area contributed by atoms with Gasteiger partial charge in [0.1, 0.15) is 0 Å². The molecule has 0 aliphatic carbocycles. The summed E-state index contributed by atoms with van der Waals surface area (Å²) in [6.07, 6.45) is 0. The Morgan fingerprint density at radius 1 is 0.236 bits per heavy atom. The Morgan fingerprint density at radius 3 is 0.625 bits per heavy atom. The number of hydrogen-bond acceptors (Lipinski definition) is 6. The van der Waals surface area contributed by atoms with Crippen molar-refractivity contribution in [2.45, 2.75) is 20.8 Å². The van der Waals surface area contributed by atoms with Crippen LogP contribution in [-0.4, -0.2) is 15.0 Å². The number of fused-ring (bicyclic) bond motifs is 6. The Kier molecular flexibility index (Phi) is 10.4. The maximum absolute atomic E-state index is 5.68. The highest BCUT2D eigenvalue weighted by molar-refractivity contribution is 6.12. The Bertz CT molecular complexity index is 3290. The molecule has 4 heterocycles. The van der Waals surface area contributed by atoms with E-state index >= 15 is 0 Å². The molecule has 0 radical (unpaired) electrons. The summed E-state index contributed by atoms with van der Waals surface area (Å²) in [5.41, 5.74) is 23.1. The van der Waals surface area contributed by atoms with E-state index in [1.54, 1.807) is 0 Å². The number of benzene rings is 9. The quantitative estimate of drug-likeness (QED) is 0.166. The zero-order valence-corrected chi connectivity index (χ0v) is 40.2. The van der Waals surface area contributed by atoms with E-state index in [0.717, 1.165) is 67.5 Å². The summed E-state index contributed by atoms with van der Waals surface area (Å²) in [6.45, 7) is 6.69. The molecule has 13 rings (SSSR count). The zero-order chi connectivity index (χ0) is 48.3. The van der Waals surface area contributed by atoms with E-state index in [-0.39, 0.29) is 0 Å². The highest BCUT2D eigenvalue weighted by Crippen LogP contribution is 2.55. The van der Waals surface area contributed by atoms with E-state index in [2.05, 4.69) is 272 Å². The summed E-state index contributed by atoms with van der Waals surface area (Å²) in [5.74, 6) is 1.50. The van der Waals surface area contributed by atoms with Crippen LogP contribution >= 0.6 is 0 Å². The summed E-state index contributed by atoms with van der Waals surface area (Å²) < 4.78 is 0. The van der Waals surface area contributed by atoms with Gasteiger partial charge in [0, 0.05) is 33.4 Å². The number of para-hydroxylation sites is 6. The predicted octanol–water partition coefficient (Wildman–Crippen LogP) is 17.2. The van der Waals surface area contributed by atoms with E-state index in [1.807, 2.05) is 0 Å². The van der Waals surface area contributed by atoms with Gasteiger partial charge in [-0.3, -0.25) is 14.7 Å². The smallest absolute Gasteiger partial charge is 0.241 e. The van der Waals surface area contributed by atoms with Gasteiger partial charge in [0.25, 0.3) is 0 Å². The minimum absolute atomic E-state index is 0.500. The van der Waals surface area contributed by atoms with Crippen LogP contribution in [0.2, 0.25) is 0 Å². The van der Waals surface area contributed by atoms with E-state index < -0.39 is 0 Å². The molecular weight excluding hydrogens is 877 g/mol. The van der Waals surface area contributed by atoms with Crippen molar-refractivity contribution in [2.24, 2.45) is 0 Å². The molecule has 0 saturated carbocycles. The van der Waals surface area contributed by atoms with Crippen LogP contribution in [0.3, 0.4) is 0 Å². The second-order valence-electron chi connectivity index (χ2n) is 18.4. The fourth-order valence-corrected chi connectivity index (χ4v) is 11.1. The number of allylic oxidation sites excluding steroid dienone is 3. The molecule has 0 spiro atoms. The van der Waals surface area contributed by atoms with Crippen molar-refractivity contribution in [3.05, 3.63) is 287 Å². The molecule has 0 saturated heterocycles. The molecule has 3 aliphatic heterocycles. The molecule has 0 bridgehead atoms. The van der Waals surface area contributed by atoms with Gasteiger partial charge >= 0.3 is 0 Å². The lowest BCUT2D eigenvalue weighted by Gasteiger charge is -2.38. The Labute approximate surface area is 420 Å². The normalized spacial score (nSPS) is 13.0. The van der Waals surface area contributed by atoms with Gasteiger partial charge in [-0.1, -0.05) is 200 Å². The topological polar surface area (TPSA) is 48.4 Å². The van der Waals surface area contributed by atoms with Crippen LogP contribution in [0, 0.1) is 0 Å². The van der Waals surface area contributed by atoms with Crippen molar-refractivity contribution in [2.75, 3.05) is 14.7 Å². The van der Waals surface area contributed by atoms with Crippen molar-refractivity contribution in [3.8, 4) is 0 Å². The third kappa shape index (κ3) is 6.90. The molecule has 0 atom stereocenters. The average Bonchev–Trinajstić information content (AvgIpc) is 3.45. The number of anilines is 9. The van der Waals surface area contributed by atoms with Crippen LogP contribution < -0.4 is 14.7 Å². The first-order chi connectivity index (χ1) is 35.5. The molecule has 6 nitrogen and oxygen atoms in total. The van der Waals surface area contributed by atoms with Crippen LogP contribution in [0.1, 0.15) is 70.8 Å². The van der Waals surface area contributed by atoms with Crippen LogP contribution in [0.15, 0.2) is 237 Å². The monoisotopic (exact) mass is 924 g/mol. The first kappa shape index (κ1) is 42.7. The summed E-state index contributed by atoms with van der Waals surface area (Å²) in [5, 5.41) is 0. The van der Waals surface area contributed by atoms with Gasteiger partial charge in [0.2, 0.25) is 17.8 Å². The molecule has 342 valence electrons.